The Balaban J connectivity index is 1.42. The Morgan fingerprint density at radius 3 is 2.86 bits per heavy atom. The van der Waals surface area contributed by atoms with E-state index < -0.39 is 0 Å². The van der Waals surface area contributed by atoms with E-state index in [1.54, 1.807) is 6.26 Å². The molecule has 0 unspecified atom stereocenters. The quantitative estimate of drug-likeness (QED) is 0.522. The minimum Gasteiger partial charge on any atom is -0.494 e. The summed E-state index contributed by atoms with van der Waals surface area (Å²) in [5.74, 6) is 1.51. The van der Waals surface area contributed by atoms with Gasteiger partial charge in [-0.3, -0.25) is 0 Å². The molecule has 0 aliphatic heterocycles. The third kappa shape index (κ3) is 5.97. The Morgan fingerprint density at radius 2 is 2.04 bits per heavy atom. The van der Waals surface area contributed by atoms with E-state index in [0.717, 1.165) is 42.9 Å². The molecule has 0 saturated carbocycles. The Labute approximate surface area is 166 Å². The van der Waals surface area contributed by atoms with Crippen molar-refractivity contribution in [3.8, 4) is 23.3 Å². The third-order valence-corrected chi connectivity index (χ3v) is 4.34. The first-order chi connectivity index (χ1) is 13.7. The number of rotatable bonds is 10. The molecule has 3 rings (SSSR count). The van der Waals surface area contributed by atoms with E-state index >= 15 is 0 Å². The molecule has 0 radical (unpaired) electrons. The first kappa shape index (κ1) is 19.7. The molecule has 1 aromatic heterocycles. The van der Waals surface area contributed by atoms with Crippen molar-refractivity contribution in [2.45, 2.75) is 32.7 Å². The van der Waals surface area contributed by atoms with Crippen LogP contribution in [0, 0.1) is 18.3 Å². The Hall–Kier alpha value is -3.10. The fourth-order valence-corrected chi connectivity index (χ4v) is 2.79. The Morgan fingerprint density at radius 1 is 1.18 bits per heavy atom. The highest BCUT2D eigenvalue weighted by Crippen LogP contribution is 2.19. The van der Waals surface area contributed by atoms with Crippen LogP contribution in [0.15, 0.2) is 59.2 Å². The number of nitrogens with one attached hydrogen (secondary N) is 1. The minimum absolute atomic E-state index is 0.523. The fourth-order valence-electron chi connectivity index (χ4n) is 2.79. The molecule has 0 aliphatic rings. The van der Waals surface area contributed by atoms with Crippen LogP contribution in [0.2, 0.25) is 0 Å². The highest BCUT2D eigenvalue weighted by molar-refractivity contribution is 5.53. The van der Waals surface area contributed by atoms with E-state index in [0.29, 0.717) is 18.9 Å². The van der Waals surface area contributed by atoms with Crippen LogP contribution in [0.25, 0.3) is 11.5 Å². The number of nitrogens with zero attached hydrogens (tertiary/aromatic N) is 2. The van der Waals surface area contributed by atoms with Gasteiger partial charge in [0.2, 0.25) is 5.89 Å². The van der Waals surface area contributed by atoms with Crippen LogP contribution in [0.3, 0.4) is 0 Å². The summed E-state index contributed by atoms with van der Waals surface area (Å²) < 4.78 is 11.3. The monoisotopic (exact) mass is 375 g/mol. The van der Waals surface area contributed by atoms with Crippen LogP contribution in [0.1, 0.15) is 29.7 Å². The SMILES string of the molecule is Cc1ccc(-c2nc(CCNCc3cccc(OCCCC#N)c3)co2)cc1. The van der Waals surface area contributed by atoms with Gasteiger partial charge in [-0.15, -0.1) is 0 Å². The number of oxazole rings is 1. The second kappa shape index (κ2) is 10.3. The zero-order chi connectivity index (χ0) is 19.6. The zero-order valence-corrected chi connectivity index (χ0v) is 16.1. The van der Waals surface area contributed by atoms with Gasteiger partial charge in [0.05, 0.1) is 18.4 Å². The summed E-state index contributed by atoms with van der Waals surface area (Å²) in [5.41, 5.74) is 4.32. The van der Waals surface area contributed by atoms with E-state index in [1.807, 2.05) is 30.3 Å². The molecule has 0 amide bonds. The van der Waals surface area contributed by atoms with E-state index in [1.165, 1.54) is 11.1 Å². The number of benzene rings is 2. The number of nitriles is 1. The number of hydrogen-bond acceptors (Lipinski definition) is 5. The summed E-state index contributed by atoms with van der Waals surface area (Å²) >= 11 is 0. The lowest BCUT2D eigenvalue weighted by atomic mass is 10.1. The van der Waals surface area contributed by atoms with Crippen molar-refractivity contribution in [3.05, 3.63) is 71.6 Å². The summed E-state index contributed by atoms with van der Waals surface area (Å²) in [6.07, 6.45) is 3.81. The molecule has 0 bridgehead atoms. The van der Waals surface area contributed by atoms with Gasteiger partial charge in [-0.2, -0.15) is 5.26 Å². The lowest BCUT2D eigenvalue weighted by Gasteiger charge is -2.08. The molecule has 28 heavy (non-hydrogen) atoms. The van der Waals surface area contributed by atoms with Gasteiger partial charge >= 0.3 is 0 Å². The summed E-state index contributed by atoms with van der Waals surface area (Å²) in [4.78, 5) is 4.57. The predicted molar refractivity (Wildman–Crippen MR) is 109 cm³/mol. The normalized spacial score (nSPS) is 10.6. The van der Waals surface area contributed by atoms with Crippen LogP contribution >= 0.6 is 0 Å². The summed E-state index contributed by atoms with van der Waals surface area (Å²) in [5, 5.41) is 12.0. The predicted octanol–water partition coefficient (Wildman–Crippen LogP) is 4.66. The van der Waals surface area contributed by atoms with Gasteiger partial charge in [0.25, 0.3) is 0 Å². The van der Waals surface area contributed by atoms with Crippen LogP contribution in [0.5, 0.6) is 5.75 Å². The van der Waals surface area contributed by atoms with Gasteiger partial charge in [-0.25, -0.2) is 4.98 Å². The van der Waals surface area contributed by atoms with Crippen molar-refractivity contribution in [1.82, 2.24) is 10.3 Å². The van der Waals surface area contributed by atoms with Crippen LogP contribution < -0.4 is 10.1 Å². The van der Waals surface area contributed by atoms with Crippen LogP contribution in [-0.2, 0) is 13.0 Å². The van der Waals surface area contributed by atoms with E-state index in [9.17, 15) is 0 Å². The molecule has 0 spiro atoms. The molecule has 0 aliphatic carbocycles. The van der Waals surface area contributed by atoms with Crippen molar-refractivity contribution in [1.29, 1.82) is 5.26 Å². The Kier molecular flexibility index (Phi) is 7.22. The average Bonchev–Trinajstić information content (AvgIpc) is 3.18. The number of aromatic nitrogens is 1. The van der Waals surface area contributed by atoms with Crippen molar-refractivity contribution in [3.63, 3.8) is 0 Å². The topological polar surface area (TPSA) is 71.1 Å². The maximum absolute atomic E-state index is 8.56. The molecule has 1 N–H and O–H groups in total. The van der Waals surface area contributed by atoms with Crippen molar-refractivity contribution in [2.75, 3.05) is 13.2 Å². The van der Waals surface area contributed by atoms with Crippen LogP contribution in [0.4, 0.5) is 0 Å². The molecule has 0 saturated heterocycles. The molecule has 0 atom stereocenters. The molecule has 5 nitrogen and oxygen atoms in total. The summed E-state index contributed by atoms with van der Waals surface area (Å²) in [7, 11) is 0. The molecule has 5 heteroatoms. The molecular formula is C23H25N3O2. The van der Waals surface area contributed by atoms with Gasteiger partial charge in [-0.05, 0) is 43.2 Å². The second-order valence-electron chi connectivity index (χ2n) is 6.69. The highest BCUT2D eigenvalue weighted by Gasteiger charge is 2.06. The first-order valence-electron chi connectivity index (χ1n) is 9.55. The zero-order valence-electron chi connectivity index (χ0n) is 16.1. The molecule has 144 valence electrons. The van der Waals surface area contributed by atoms with Crippen molar-refractivity contribution < 1.29 is 9.15 Å². The van der Waals surface area contributed by atoms with Gasteiger partial charge in [0, 0.05) is 31.5 Å². The van der Waals surface area contributed by atoms with Crippen molar-refractivity contribution in [2.24, 2.45) is 0 Å². The number of aryl methyl sites for hydroxylation is 1. The van der Waals surface area contributed by atoms with E-state index in [-0.39, 0.29) is 0 Å². The van der Waals surface area contributed by atoms with Gasteiger partial charge < -0.3 is 14.5 Å². The molecule has 0 fully saturated rings. The van der Waals surface area contributed by atoms with E-state index in [2.05, 4.69) is 41.5 Å². The van der Waals surface area contributed by atoms with Gasteiger partial charge in [0.1, 0.15) is 12.0 Å². The van der Waals surface area contributed by atoms with E-state index in [4.69, 9.17) is 14.4 Å². The van der Waals surface area contributed by atoms with Crippen molar-refractivity contribution >= 4 is 0 Å². The summed E-state index contributed by atoms with van der Waals surface area (Å²) in [6.45, 7) is 4.21. The lowest BCUT2D eigenvalue weighted by Crippen LogP contribution is -2.16. The molecular weight excluding hydrogens is 350 g/mol. The first-order valence-corrected chi connectivity index (χ1v) is 9.55. The third-order valence-electron chi connectivity index (χ3n) is 4.34. The highest BCUT2D eigenvalue weighted by atomic mass is 16.5. The number of ether oxygens (including phenoxy) is 1. The average molecular weight is 375 g/mol. The number of unbranched alkanes of at least 4 members (excludes halogenated alkanes) is 1. The molecule has 3 aromatic rings. The standard InChI is InChI=1S/C23H25N3O2/c1-18-7-9-20(10-8-18)23-26-21(17-28-23)11-13-25-16-19-5-4-6-22(15-19)27-14-3-2-12-24/h4-10,15,17,25H,2-3,11,13-14,16H2,1H3. The lowest BCUT2D eigenvalue weighted by molar-refractivity contribution is 0.312. The minimum atomic E-state index is 0.523. The largest absolute Gasteiger partial charge is 0.494 e. The molecule has 1 heterocycles. The maximum Gasteiger partial charge on any atom is 0.226 e. The fraction of sp³-hybridized carbons (Fsp3) is 0.304. The smallest absolute Gasteiger partial charge is 0.226 e. The molecule has 2 aromatic carbocycles. The van der Waals surface area contributed by atoms with Gasteiger partial charge in [-0.1, -0.05) is 29.8 Å². The second-order valence-corrected chi connectivity index (χ2v) is 6.69. The maximum atomic E-state index is 8.56. The number of hydrogen-bond donors (Lipinski definition) is 1. The Bertz CT molecular complexity index is 910. The van der Waals surface area contributed by atoms with Gasteiger partial charge in [0.15, 0.2) is 0 Å². The van der Waals surface area contributed by atoms with Crippen LogP contribution in [-0.4, -0.2) is 18.1 Å². The summed E-state index contributed by atoms with van der Waals surface area (Å²) in [6, 6.07) is 18.3.